The molecule has 0 spiro atoms. The van der Waals surface area contributed by atoms with Crippen LogP contribution in [0.3, 0.4) is 0 Å². The van der Waals surface area contributed by atoms with Crippen LogP contribution in [0.2, 0.25) is 0 Å². The minimum atomic E-state index is -1.12. The van der Waals surface area contributed by atoms with Crippen LogP contribution in [-0.2, 0) is 0 Å². The second-order valence-corrected chi connectivity index (χ2v) is 4.26. The molecule has 100 valence electrons. The van der Waals surface area contributed by atoms with E-state index in [0.717, 1.165) is 0 Å². The molecule has 0 aromatic carbocycles. The number of nitrogens with two attached hydrogens (primary N) is 1. The van der Waals surface area contributed by atoms with Gasteiger partial charge in [0.15, 0.2) is 0 Å². The molecule has 1 unspecified atom stereocenters. The molecular formula is C10H21N3O4. The largest absolute Gasteiger partial charge is 0.465 e. The van der Waals surface area contributed by atoms with E-state index < -0.39 is 12.2 Å². The van der Waals surface area contributed by atoms with E-state index >= 15 is 0 Å². The summed E-state index contributed by atoms with van der Waals surface area (Å²) in [6.45, 7) is 4.01. The van der Waals surface area contributed by atoms with Crippen LogP contribution in [0, 0.1) is 5.92 Å². The molecule has 7 heteroatoms. The third-order valence-corrected chi connectivity index (χ3v) is 2.55. The maximum atomic E-state index is 10.6. The maximum absolute atomic E-state index is 10.6. The minimum absolute atomic E-state index is 0.148. The van der Waals surface area contributed by atoms with Crippen molar-refractivity contribution in [2.24, 2.45) is 11.7 Å². The number of carbonyl (C=O) groups is 2. The summed E-state index contributed by atoms with van der Waals surface area (Å²) >= 11 is 0. The molecule has 0 bridgehead atoms. The fourth-order valence-corrected chi connectivity index (χ4v) is 1.54. The maximum Gasteiger partial charge on any atom is 0.404 e. The summed E-state index contributed by atoms with van der Waals surface area (Å²) in [5.74, 6) is 0.148. The number of amides is 2. The van der Waals surface area contributed by atoms with Crippen molar-refractivity contribution in [1.29, 1.82) is 0 Å². The zero-order chi connectivity index (χ0) is 13.4. The van der Waals surface area contributed by atoms with Gasteiger partial charge in [-0.1, -0.05) is 13.8 Å². The normalized spacial score (nSPS) is 14.1. The lowest BCUT2D eigenvalue weighted by Crippen LogP contribution is -2.43. The van der Waals surface area contributed by atoms with Crippen molar-refractivity contribution >= 4 is 12.2 Å². The number of carboxylic acid groups (broad SMARTS) is 2. The molecule has 6 N–H and O–H groups in total. The predicted molar refractivity (Wildman–Crippen MR) is 63.0 cm³/mol. The number of rotatable bonds is 7. The molecule has 0 radical (unpaired) electrons. The van der Waals surface area contributed by atoms with Gasteiger partial charge in [-0.3, -0.25) is 0 Å². The fourth-order valence-electron chi connectivity index (χ4n) is 1.54. The van der Waals surface area contributed by atoms with Gasteiger partial charge in [-0.15, -0.1) is 0 Å². The Morgan fingerprint density at radius 1 is 1.12 bits per heavy atom. The third kappa shape index (κ3) is 7.40. The van der Waals surface area contributed by atoms with Crippen molar-refractivity contribution in [2.75, 3.05) is 6.54 Å². The van der Waals surface area contributed by atoms with Crippen LogP contribution in [0.1, 0.15) is 26.7 Å². The summed E-state index contributed by atoms with van der Waals surface area (Å²) in [6.07, 6.45) is -1.13. The van der Waals surface area contributed by atoms with E-state index in [1.54, 1.807) is 0 Å². The van der Waals surface area contributed by atoms with E-state index in [1.807, 2.05) is 13.8 Å². The van der Waals surface area contributed by atoms with E-state index in [2.05, 4.69) is 10.6 Å². The van der Waals surface area contributed by atoms with Gasteiger partial charge in [-0.25, -0.2) is 9.59 Å². The van der Waals surface area contributed by atoms with Crippen molar-refractivity contribution in [3.8, 4) is 0 Å². The smallest absolute Gasteiger partial charge is 0.404 e. The van der Waals surface area contributed by atoms with Gasteiger partial charge in [0, 0.05) is 18.6 Å². The molecule has 0 aromatic rings. The van der Waals surface area contributed by atoms with Crippen LogP contribution < -0.4 is 16.4 Å². The Labute approximate surface area is 100 Å². The van der Waals surface area contributed by atoms with Crippen LogP contribution in [-0.4, -0.2) is 41.0 Å². The summed E-state index contributed by atoms with van der Waals surface area (Å²) in [4.78, 5) is 21.0. The summed E-state index contributed by atoms with van der Waals surface area (Å²) in [6, 6.07) is -0.540. The second kappa shape index (κ2) is 7.72. The molecule has 2 amide bonds. The van der Waals surface area contributed by atoms with E-state index in [9.17, 15) is 9.59 Å². The molecule has 0 aliphatic rings. The van der Waals surface area contributed by atoms with Crippen molar-refractivity contribution in [1.82, 2.24) is 10.6 Å². The molecular weight excluding hydrogens is 226 g/mol. The van der Waals surface area contributed by atoms with Gasteiger partial charge in [0.25, 0.3) is 0 Å². The third-order valence-electron chi connectivity index (χ3n) is 2.55. The Hall–Kier alpha value is -1.50. The Bertz CT molecular complexity index is 258. The van der Waals surface area contributed by atoms with Crippen LogP contribution in [0.15, 0.2) is 0 Å². The average molecular weight is 247 g/mol. The highest BCUT2D eigenvalue weighted by Crippen LogP contribution is 2.10. The highest BCUT2D eigenvalue weighted by Gasteiger charge is 2.18. The molecule has 0 aliphatic heterocycles. The number of hydrogen-bond acceptors (Lipinski definition) is 3. The van der Waals surface area contributed by atoms with E-state index in [0.29, 0.717) is 12.8 Å². The molecule has 7 nitrogen and oxygen atoms in total. The molecule has 0 aliphatic carbocycles. The molecule has 17 heavy (non-hydrogen) atoms. The van der Waals surface area contributed by atoms with E-state index in [-0.39, 0.29) is 24.5 Å². The number of nitrogens with one attached hydrogen (secondary N) is 2. The van der Waals surface area contributed by atoms with Crippen molar-refractivity contribution in [3.63, 3.8) is 0 Å². The van der Waals surface area contributed by atoms with Gasteiger partial charge in [-0.2, -0.15) is 0 Å². The standard InChI is InChI=1S/C10H21N3O4/c1-6(2)8(13-10(16)17)4-3-7(5-11)12-9(14)15/h6-8,12-13H,3-5,11H2,1-2H3,(H,14,15)(H,16,17)/t7-,8?/m0/s1. The highest BCUT2D eigenvalue weighted by molar-refractivity contribution is 5.65. The Kier molecular flexibility index (Phi) is 7.04. The first-order valence-electron chi connectivity index (χ1n) is 5.55. The van der Waals surface area contributed by atoms with Crippen molar-refractivity contribution in [2.45, 2.75) is 38.8 Å². The van der Waals surface area contributed by atoms with Crippen molar-refractivity contribution in [3.05, 3.63) is 0 Å². The van der Waals surface area contributed by atoms with Gasteiger partial charge in [-0.05, 0) is 18.8 Å². The molecule has 0 saturated heterocycles. The Morgan fingerprint density at radius 2 is 1.65 bits per heavy atom. The van der Waals surface area contributed by atoms with E-state index in [1.165, 1.54) is 0 Å². The monoisotopic (exact) mass is 247 g/mol. The molecule has 0 fully saturated rings. The summed E-state index contributed by atoms with van der Waals surface area (Å²) in [5.41, 5.74) is 5.42. The van der Waals surface area contributed by atoms with Crippen LogP contribution in [0.4, 0.5) is 9.59 Å². The first-order chi connectivity index (χ1) is 7.86. The minimum Gasteiger partial charge on any atom is -0.465 e. The van der Waals surface area contributed by atoms with Crippen LogP contribution in [0.25, 0.3) is 0 Å². The summed E-state index contributed by atoms with van der Waals surface area (Å²) in [7, 11) is 0. The summed E-state index contributed by atoms with van der Waals surface area (Å²) < 4.78 is 0. The zero-order valence-electron chi connectivity index (χ0n) is 10.1. The lowest BCUT2D eigenvalue weighted by atomic mass is 9.97. The fraction of sp³-hybridized carbons (Fsp3) is 0.800. The van der Waals surface area contributed by atoms with Gasteiger partial charge < -0.3 is 26.6 Å². The average Bonchev–Trinajstić information content (AvgIpc) is 2.20. The highest BCUT2D eigenvalue weighted by atomic mass is 16.4. The SMILES string of the molecule is CC(C)C(CC[C@@H](CN)NC(=O)O)NC(=O)O. The first kappa shape index (κ1) is 15.5. The predicted octanol–water partition coefficient (Wildman–Crippen LogP) is 0.654. The van der Waals surface area contributed by atoms with Gasteiger partial charge in [0.1, 0.15) is 0 Å². The van der Waals surface area contributed by atoms with Gasteiger partial charge >= 0.3 is 12.2 Å². The lowest BCUT2D eigenvalue weighted by molar-refractivity contribution is 0.180. The van der Waals surface area contributed by atoms with Crippen molar-refractivity contribution < 1.29 is 19.8 Å². The Balaban J connectivity index is 4.17. The topological polar surface area (TPSA) is 125 Å². The number of hydrogen-bond donors (Lipinski definition) is 5. The van der Waals surface area contributed by atoms with Crippen LogP contribution >= 0.6 is 0 Å². The van der Waals surface area contributed by atoms with Gasteiger partial charge in [0.2, 0.25) is 0 Å². The second-order valence-electron chi connectivity index (χ2n) is 4.26. The Morgan fingerprint density at radius 3 is 2.00 bits per heavy atom. The van der Waals surface area contributed by atoms with Crippen LogP contribution in [0.5, 0.6) is 0 Å². The lowest BCUT2D eigenvalue weighted by Gasteiger charge is -2.23. The zero-order valence-corrected chi connectivity index (χ0v) is 10.1. The summed E-state index contributed by atoms with van der Waals surface area (Å²) in [5, 5.41) is 21.9. The van der Waals surface area contributed by atoms with E-state index in [4.69, 9.17) is 15.9 Å². The molecule has 0 saturated carbocycles. The van der Waals surface area contributed by atoms with Gasteiger partial charge in [0.05, 0.1) is 0 Å². The molecule has 0 rings (SSSR count). The molecule has 0 aromatic heterocycles. The molecule has 2 atom stereocenters. The quantitative estimate of drug-likeness (QED) is 0.452. The molecule has 0 heterocycles. The first-order valence-corrected chi connectivity index (χ1v) is 5.55.